The maximum Gasteiger partial charge on any atom is 0.149 e. The molecule has 1 N–H and O–H groups in total. The van der Waals surface area contributed by atoms with E-state index in [4.69, 9.17) is 0 Å². The molecule has 1 aromatic carbocycles. The van der Waals surface area contributed by atoms with Gasteiger partial charge in [-0.1, -0.05) is 38.1 Å². The number of hydrogen-bond acceptors (Lipinski definition) is 3. The van der Waals surface area contributed by atoms with E-state index in [1.165, 1.54) is 11.1 Å². The minimum Gasteiger partial charge on any atom is -0.307 e. The van der Waals surface area contributed by atoms with Crippen LogP contribution in [0.2, 0.25) is 0 Å². The SMILES string of the molecule is CNC(c1ccc(C(C)C)cc1)c1ncccn1. The Kier molecular flexibility index (Phi) is 4.05. The zero-order chi connectivity index (χ0) is 13.0. The van der Waals surface area contributed by atoms with Crippen LogP contribution in [0, 0.1) is 0 Å². The Bertz CT molecular complexity index is 477. The molecule has 2 rings (SSSR count). The predicted molar refractivity (Wildman–Crippen MR) is 73.5 cm³/mol. The molecular weight excluding hydrogens is 222 g/mol. The van der Waals surface area contributed by atoms with Gasteiger partial charge < -0.3 is 5.32 Å². The van der Waals surface area contributed by atoms with Gasteiger partial charge in [-0.3, -0.25) is 0 Å². The summed E-state index contributed by atoms with van der Waals surface area (Å²) in [6, 6.07) is 10.5. The monoisotopic (exact) mass is 241 g/mol. The maximum absolute atomic E-state index is 4.31. The normalized spacial score (nSPS) is 12.7. The van der Waals surface area contributed by atoms with E-state index in [2.05, 4.69) is 53.4 Å². The molecule has 0 aliphatic rings. The Balaban J connectivity index is 2.28. The lowest BCUT2D eigenvalue weighted by molar-refractivity contribution is 0.645. The highest BCUT2D eigenvalue weighted by Gasteiger charge is 2.14. The quantitative estimate of drug-likeness (QED) is 0.894. The van der Waals surface area contributed by atoms with Crippen LogP contribution in [-0.4, -0.2) is 17.0 Å². The van der Waals surface area contributed by atoms with Gasteiger partial charge in [0.05, 0.1) is 6.04 Å². The molecule has 0 aliphatic carbocycles. The van der Waals surface area contributed by atoms with Crippen LogP contribution in [0.25, 0.3) is 0 Å². The van der Waals surface area contributed by atoms with Crippen molar-refractivity contribution >= 4 is 0 Å². The third kappa shape index (κ3) is 2.74. The van der Waals surface area contributed by atoms with Gasteiger partial charge in [0.15, 0.2) is 0 Å². The molecule has 1 aromatic heterocycles. The maximum atomic E-state index is 4.31. The van der Waals surface area contributed by atoms with Gasteiger partial charge in [-0.25, -0.2) is 9.97 Å². The molecule has 1 unspecified atom stereocenters. The van der Waals surface area contributed by atoms with Crippen molar-refractivity contribution in [1.29, 1.82) is 0 Å². The minimum absolute atomic E-state index is 0.0485. The Hall–Kier alpha value is -1.74. The van der Waals surface area contributed by atoms with Crippen LogP contribution in [0.4, 0.5) is 0 Å². The van der Waals surface area contributed by atoms with Gasteiger partial charge in [-0.15, -0.1) is 0 Å². The van der Waals surface area contributed by atoms with Gasteiger partial charge in [0.1, 0.15) is 5.82 Å². The molecule has 3 nitrogen and oxygen atoms in total. The van der Waals surface area contributed by atoms with Crippen molar-refractivity contribution in [2.45, 2.75) is 25.8 Å². The Morgan fingerprint density at radius 1 is 0.944 bits per heavy atom. The van der Waals surface area contributed by atoms with Crippen molar-refractivity contribution in [3.63, 3.8) is 0 Å². The first-order valence-corrected chi connectivity index (χ1v) is 6.26. The average molecular weight is 241 g/mol. The van der Waals surface area contributed by atoms with Crippen molar-refractivity contribution in [2.75, 3.05) is 7.05 Å². The third-order valence-corrected chi connectivity index (χ3v) is 3.07. The van der Waals surface area contributed by atoms with Gasteiger partial charge >= 0.3 is 0 Å². The first kappa shape index (κ1) is 12.7. The zero-order valence-corrected chi connectivity index (χ0v) is 11.1. The highest BCUT2D eigenvalue weighted by Crippen LogP contribution is 2.21. The first-order chi connectivity index (χ1) is 8.72. The summed E-state index contributed by atoms with van der Waals surface area (Å²) in [5.74, 6) is 1.36. The van der Waals surface area contributed by atoms with Crippen LogP contribution >= 0.6 is 0 Å². The second-order valence-corrected chi connectivity index (χ2v) is 4.65. The van der Waals surface area contributed by atoms with E-state index in [0.29, 0.717) is 5.92 Å². The Morgan fingerprint density at radius 2 is 1.50 bits per heavy atom. The van der Waals surface area contributed by atoms with Crippen molar-refractivity contribution < 1.29 is 0 Å². The molecule has 0 aliphatic heterocycles. The molecule has 2 aromatic rings. The summed E-state index contributed by atoms with van der Waals surface area (Å²) in [4.78, 5) is 8.62. The van der Waals surface area contributed by atoms with Gasteiger partial charge in [0, 0.05) is 12.4 Å². The van der Waals surface area contributed by atoms with Crippen molar-refractivity contribution in [3.8, 4) is 0 Å². The van der Waals surface area contributed by atoms with E-state index in [1.807, 2.05) is 13.1 Å². The van der Waals surface area contributed by atoms with Gasteiger partial charge in [0.25, 0.3) is 0 Å². The summed E-state index contributed by atoms with van der Waals surface area (Å²) in [6.45, 7) is 4.40. The molecule has 0 amide bonds. The molecule has 3 heteroatoms. The van der Waals surface area contributed by atoms with Gasteiger partial charge in [-0.05, 0) is 30.2 Å². The fourth-order valence-corrected chi connectivity index (χ4v) is 1.98. The summed E-state index contributed by atoms with van der Waals surface area (Å²) < 4.78 is 0. The van der Waals surface area contributed by atoms with Crippen molar-refractivity contribution in [1.82, 2.24) is 15.3 Å². The molecular formula is C15H19N3. The largest absolute Gasteiger partial charge is 0.307 e. The lowest BCUT2D eigenvalue weighted by Crippen LogP contribution is -2.20. The molecule has 0 fully saturated rings. The molecule has 0 saturated heterocycles. The highest BCUT2D eigenvalue weighted by molar-refractivity contribution is 5.29. The standard InChI is InChI=1S/C15H19N3/c1-11(2)12-5-7-13(8-6-12)14(16-3)15-17-9-4-10-18-15/h4-11,14,16H,1-3H3. The molecule has 0 radical (unpaired) electrons. The molecule has 1 atom stereocenters. The van der Waals surface area contributed by atoms with Gasteiger partial charge in [0.2, 0.25) is 0 Å². The van der Waals surface area contributed by atoms with E-state index < -0.39 is 0 Å². The van der Waals surface area contributed by atoms with Crippen LogP contribution in [0.5, 0.6) is 0 Å². The van der Waals surface area contributed by atoms with Gasteiger partial charge in [-0.2, -0.15) is 0 Å². The highest BCUT2D eigenvalue weighted by atomic mass is 15.0. The van der Waals surface area contributed by atoms with E-state index in [-0.39, 0.29) is 6.04 Å². The zero-order valence-electron chi connectivity index (χ0n) is 11.1. The number of nitrogens with zero attached hydrogens (tertiary/aromatic N) is 2. The topological polar surface area (TPSA) is 37.8 Å². The molecule has 18 heavy (non-hydrogen) atoms. The van der Waals surface area contributed by atoms with E-state index in [9.17, 15) is 0 Å². The molecule has 0 spiro atoms. The van der Waals surface area contributed by atoms with E-state index in [0.717, 1.165) is 5.82 Å². The summed E-state index contributed by atoms with van der Waals surface area (Å²) in [6.07, 6.45) is 3.55. The fourth-order valence-electron chi connectivity index (χ4n) is 1.98. The second-order valence-electron chi connectivity index (χ2n) is 4.65. The smallest absolute Gasteiger partial charge is 0.149 e. The Labute approximate surface area is 108 Å². The summed E-state index contributed by atoms with van der Waals surface area (Å²) >= 11 is 0. The number of benzene rings is 1. The first-order valence-electron chi connectivity index (χ1n) is 6.26. The van der Waals surface area contributed by atoms with Crippen LogP contribution in [0.1, 0.15) is 42.8 Å². The number of nitrogens with one attached hydrogen (secondary N) is 1. The molecule has 1 heterocycles. The number of rotatable bonds is 4. The minimum atomic E-state index is 0.0485. The number of hydrogen-bond donors (Lipinski definition) is 1. The van der Waals surface area contributed by atoms with Crippen molar-refractivity contribution in [2.24, 2.45) is 0 Å². The second kappa shape index (κ2) is 5.74. The van der Waals surface area contributed by atoms with Crippen LogP contribution in [-0.2, 0) is 0 Å². The Morgan fingerprint density at radius 3 is 2.00 bits per heavy atom. The number of aromatic nitrogens is 2. The lowest BCUT2D eigenvalue weighted by atomic mass is 9.99. The summed E-state index contributed by atoms with van der Waals surface area (Å²) in [5, 5.41) is 3.26. The van der Waals surface area contributed by atoms with E-state index in [1.54, 1.807) is 12.4 Å². The van der Waals surface area contributed by atoms with Crippen LogP contribution < -0.4 is 5.32 Å². The summed E-state index contributed by atoms with van der Waals surface area (Å²) in [5.41, 5.74) is 2.54. The lowest BCUT2D eigenvalue weighted by Gasteiger charge is -2.16. The van der Waals surface area contributed by atoms with Crippen LogP contribution in [0.3, 0.4) is 0 Å². The predicted octanol–water partition coefficient (Wildman–Crippen LogP) is 2.91. The van der Waals surface area contributed by atoms with E-state index >= 15 is 0 Å². The van der Waals surface area contributed by atoms with Crippen LogP contribution in [0.15, 0.2) is 42.7 Å². The molecule has 0 bridgehead atoms. The summed E-state index contributed by atoms with van der Waals surface area (Å²) in [7, 11) is 1.93. The third-order valence-electron chi connectivity index (χ3n) is 3.07. The average Bonchev–Trinajstić information content (AvgIpc) is 2.41. The molecule has 94 valence electrons. The fraction of sp³-hybridized carbons (Fsp3) is 0.333. The molecule has 0 saturated carbocycles. The van der Waals surface area contributed by atoms with Crippen molar-refractivity contribution in [3.05, 3.63) is 59.7 Å².